The quantitative estimate of drug-likeness (QED) is 0.550. The molecule has 0 saturated carbocycles. The number of nitrogens with one attached hydrogen (secondary N) is 2. The number of carboxylic acids is 1. The summed E-state index contributed by atoms with van der Waals surface area (Å²) in [4.78, 5) is 35.6. The molecule has 0 aliphatic rings. The van der Waals surface area contributed by atoms with Gasteiger partial charge in [-0.05, 0) is 33.3 Å². The lowest BCUT2D eigenvalue weighted by Crippen LogP contribution is -2.51. The monoisotopic (exact) mass is 420 g/mol. The zero-order valence-electron chi connectivity index (χ0n) is 18.4. The molecule has 1 aromatic carbocycles. The largest absolute Gasteiger partial charge is 0.480 e. The molecule has 1 atom stereocenters. The third-order valence-electron chi connectivity index (χ3n) is 3.99. The summed E-state index contributed by atoms with van der Waals surface area (Å²) in [5.74, 6) is -1.19. The van der Waals surface area contributed by atoms with Crippen LogP contribution in [0.15, 0.2) is 42.0 Å². The maximum atomic E-state index is 12.0. The molecular weight excluding hydrogens is 388 g/mol. The number of alkyl carbamates (subject to hydrolysis) is 2. The van der Waals surface area contributed by atoms with E-state index >= 15 is 0 Å². The molecule has 0 fully saturated rings. The van der Waals surface area contributed by atoms with Gasteiger partial charge in [-0.25, -0.2) is 14.4 Å². The minimum absolute atomic E-state index is 0.155. The molecule has 0 radical (unpaired) electrons. The fourth-order valence-corrected chi connectivity index (χ4v) is 2.75. The topological polar surface area (TPSA) is 114 Å². The molecule has 8 nitrogen and oxygen atoms in total. The molecule has 166 valence electrons. The molecule has 0 aromatic heterocycles. The number of carbonyl (C=O) groups excluding carboxylic acids is 2. The van der Waals surface area contributed by atoms with Crippen LogP contribution in [0.3, 0.4) is 0 Å². The highest BCUT2D eigenvalue weighted by molar-refractivity contribution is 5.81. The van der Waals surface area contributed by atoms with Crippen molar-refractivity contribution in [3.63, 3.8) is 0 Å². The predicted molar refractivity (Wildman–Crippen MR) is 113 cm³/mol. The summed E-state index contributed by atoms with van der Waals surface area (Å²) in [6.45, 7) is 10.5. The van der Waals surface area contributed by atoms with Crippen LogP contribution in [0.5, 0.6) is 0 Å². The van der Waals surface area contributed by atoms with Gasteiger partial charge in [0.2, 0.25) is 0 Å². The molecule has 0 unspecified atom stereocenters. The van der Waals surface area contributed by atoms with Crippen LogP contribution in [-0.4, -0.2) is 41.4 Å². The van der Waals surface area contributed by atoms with Crippen LogP contribution in [0.2, 0.25) is 0 Å². The van der Waals surface area contributed by atoms with Crippen LogP contribution < -0.4 is 10.6 Å². The summed E-state index contributed by atoms with van der Waals surface area (Å²) < 4.78 is 10.3. The number of aliphatic carboxylic acids is 1. The van der Waals surface area contributed by atoms with Crippen LogP contribution in [0.4, 0.5) is 9.59 Å². The Bertz CT molecular complexity index is 766. The summed E-state index contributed by atoms with van der Waals surface area (Å²) in [6, 6.07) is 8.08. The van der Waals surface area contributed by atoms with Gasteiger partial charge in [0.15, 0.2) is 0 Å². The highest BCUT2D eigenvalue weighted by atomic mass is 16.6. The lowest BCUT2D eigenvalue weighted by atomic mass is 9.82. The van der Waals surface area contributed by atoms with Gasteiger partial charge in [-0.2, -0.15) is 0 Å². The average molecular weight is 421 g/mol. The molecule has 2 amide bonds. The Morgan fingerprint density at radius 3 is 2.20 bits per heavy atom. The highest BCUT2D eigenvalue weighted by Gasteiger charge is 2.36. The number of amides is 2. The van der Waals surface area contributed by atoms with Crippen LogP contribution in [0, 0.1) is 5.41 Å². The Morgan fingerprint density at radius 1 is 1.07 bits per heavy atom. The normalized spacial score (nSPS) is 13.2. The van der Waals surface area contributed by atoms with Crippen molar-refractivity contribution < 1.29 is 29.0 Å². The summed E-state index contributed by atoms with van der Waals surface area (Å²) >= 11 is 0. The second kappa shape index (κ2) is 10.7. The third-order valence-corrected chi connectivity index (χ3v) is 3.99. The van der Waals surface area contributed by atoms with Crippen LogP contribution in [0.1, 0.15) is 47.1 Å². The fraction of sp³-hybridized carbons (Fsp3) is 0.500. The van der Waals surface area contributed by atoms with Crippen molar-refractivity contribution in [2.24, 2.45) is 5.41 Å². The second-order valence-corrected chi connectivity index (χ2v) is 8.64. The SMILES string of the molecule is C/C(=C\C(C)(C)[C@@H](NC(=O)OC(C)(C)C)C(=O)O)CNC(=O)OCc1ccccc1. The van der Waals surface area contributed by atoms with Gasteiger partial charge in [-0.3, -0.25) is 0 Å². The number of ether oxygens (including phenoxy) is 2. The van der Waals surface area contributed by atoms with Gasteiger partial charge >= 0.3 is 18.2 Å². The predicted octanol–water partition coefficient (Wildman–Crippen LogP) is 3.86. The highest BCUT2D eigenvalue weighted by Crippen LogP contribution is 2.25. The Morgan fingerprint density at radius 2 is 1.67 bits per heavy atom. The Hall–Kier alpha value is -3.03. The van der Waals surface area contributed by atoms with Gasteiger partial charge in [-0.15, -0.1) is 0 Å². The third kappa shape index (κ3) is 9.45. The number of rotatable bonds is 8. The number of carbonyl (C=O) groups is 3. The molecule has 0 aliphatic heterocycles. The van der Waals surface area contributed by atoms with E-state index in [1.807, 2.05) is 30.3 Å². The van der Waals surface area contributed by atoms with Gasteiger partial charge in [0.05, 0.1) is 0 Å². The van der Waals surface area contributed by atoms with E-state index < -0.39 is 35.2 Å². The van der Waals surface area contributed by atoms with Crippen molar-refractivity contribution in [2.45, 2.75) is 59.8 Å². The van der Waals surface area contributed by atoms with E-state index in [1.54, 1.807) is 47.6 Å². The molecule has 0 saturated heterocycles. The van der Waals surface area contributed by atoms with E-state index in [0.717, 1.165) is 5.56 Å². The smallest absolute Gasteiger partial charge is 0.408 e. The van der Waals surface area contributed by atoms with Gasteiger partial charge in [-0.1, -0.05) is 55.8 Å². The molecule has 0 bridgehead atoms. The summed E-state index contributed by atoms with van der Waals surface area (Å²) in [6.07, 6.45) is 0.309. The molecule has 0 heterocycles. The molecule has 1 rings (SSSR count). The lowest BCUT2D eigenvalue weighted by molar-refractivity contribution is -0.141. The maximum absolute atomic E-state index is 12.0. The second-order valence-electron chi connectivity index (χ2n) is 8.64. The minimum atomic E-state index is -1.22. The van der Waals surface area contributed by atoms with E-state index in [9.17, 15) is 19.5 Å². The average Bonchev–Trinajstić information content (AvgIpc) is 2.61. The first-order chi connectivity index (χ1) is 13.8. The standard InChI is InChI=1S/C22H32N2O6/c1-15(13-23-19(27)29-14-16-10-8-7-9-11-16)12-22(5,6)17(18(25)26)24-20(28)30-21(2,3)4/h7-12,17H,13-14H2,1-6H3,(H,23,27)(H,24,28)(H,25,26)/b15-12+/t17-/m0/s1. The molecule has 0 aliphatic carbocycles. The van der Waals surface area contributed by atoms with Crippen molar-refractivity contribution in [3.05, 3.63) is 47.5 Å². The van der Waals surface area contributed by atoms with Crippen LogP contribution in [0.25, 0.3) is 0 Å². The van der Waals surface area contributed by atoms with Crippen molar-refractivity contribution in [1.29, 1.82) is 0 Å². The van der Waals surface area contributed by atoms with Crippen molar-refractivity contribution in [3.8, 4) is 0 Å². The van der Waals surface area contributed by atoms with Crippen LogP contribution >= 0.6 is 0 Å². The van der Waals surface area contributed by atoms with Crippen LogP contribution in [-0.2, 0) is 20.9 Å². The van der Waals surface area contributed by atoms with Crippen molar-refractivity contribution in [2.75, 3.05) is 6.54 Å². The van der Waals surface area contributed by atoms with Crippen molar-refractivity contribution >= 4 is 18.2 Å². The van der Waals surface area contributed by atoms with Gasteiger partial charge in [0, 0.05) is 12.0 Å². The Balaban J connectivity index is 2.66. The van der Waals surface area contributed by atoms with Gasteiger partial charge in [0.25, 0.3) is 0 Å². The Kier molecular flexibility index (Phi) is 8.89. The number of hydrogen-bond acceptors (Lipinski definition) is 5. The first-order valence-electron chi connectivity index (χ1n) is 9.65. The summed E-state index contributed by atoms with van der Waals surface area (Å²) in [7, 11) is 0. The zero-order chi connectivity index (χ0) is 22.9. The summed E-state index contributed by atoms with van der Waals surface area (Å²) in [5.41, 5.74) is -0.0948. The summed E-state index contributed by atoms with van der Waals surface area (Å²) in [5, 5.41) is 14.6. The number of benzene rings is 1. The number of carboxylic acid groups (broad SMARTS) is 1. The number of hydrogen-bond donors (Lipinski definition) is 3. The molecule has 30 heavy (non-hydrogen) atoms. The molecular formula is C22H32N2O6. The molecule has 8 heteroatoms. The van der Waals surface area contributed by atoms with E-state index in [2.05, 4.69) is 10.6 Å². The minimum Gasteiger partial charge on any atom is -0.480 e. The first kappa shape index (κ1) is 25.0. The van der Waals surface area contributed by atoms with Crippen molar-refractivity contribution in [1.82, 2.24) is 10.6 Å². The lowest BCUT2D eigenvalue weighted by Gasteiger charge is -2.31. The molecule has 3 N–H and O–H groups in total. The zero-order valence-corrected chi connectivity index (χ0v) is 18.4. The first-order valence-corrected chi connectivity index (χ1v) is 9.65. The molecule has 0 spiro atoms. The van der Waals surface area contributed by atoms with Gasteiger partial charge < -0.3 is 25.2 Å². The Labute approximate surface area is 177 Å². The maximum Gasteiger partial charge on any atom is 0.408 e. The van der Waals surface area contributed by atoms with E-state index in [-0.39, 0.29) is 13.2 Å². The van der Waals surface area contributed by atoms with E-state index in [4.69, 9.17) is 9.47 Å². The fourth-order valence-electron chi connectivity index (χ4n) is 2.75. The molecule has 1 aromatic rings. The van der Waals surface area contributed by atoms with Gasteiger partial charge in [0.1, 0.15) is 18.2 Å². The van der Waals surface area contributed by atoms with E-state index in [0.29, 0.717) is 5.57 Å². The van der Waals surface area contributed by atoms with E-state index in [1.165, 1.54) is 0 Å².